The van der Waals surface area contributed by atoms with Gasteiger partial charge in [-0.2, -0.15) is 0 Å². The molecule has 1 aromatic carbocycles. The highest BCUT2D eigenvalue weighted by Gasteiger charge is 2.30. The number of aromatic nitrogens is 2. The molecule has 7 nitrogen and oxygen atoms in total. The SMILES string of the molecule is CC(=O)N1CCCCC1c1nc2c(c(NCc3ccccc3N3CCCC3)n1)CCN(C)C2. The van der Waals surface area contributed by atoms with Crippen molar-refractivity contribution in [1.29, 1.82) is 0 Å². The number of carbonyl (C=O) groups excluding carboxylic acids is 1. The van der Waals surface area contributed by atoms with Gasteiger partial charge in [-0.3, -0.25) is 4.79 Å². The lowest BCUT2D eigenvalue weighted by Crippen LogP contribution is -2.38. The molecule has 33 heavy (non-hydrogen) atoms. The Morgan fingerprint density at radius 1 is 1.06 bits per heavy atom. The second kappa shape index (κ2) is 9.67. The first kappa shape index (κ1) is 22.1. The van der Waals surface area contributed by atoms with E-state index < -0.39 is 0 Å². The third kappa shape index (κ3) is 4.69. The third-order valence-corrected chi connectivity index (χ3v) is 7.36. The monoisotopic (exact) mass is 448 g/mol. The molecule has 0 saturated carbocycles. The first-order valence-electron chi connectivity index (χ1n) is 12.5. The highest BCUT2D eigenvalue weighted by atomic mass is 16.2. The van der Waals surface area contributed by atoms with Gasteiger partial charge < -0.3 is 20.0 Å². The van der Waals surface area contributed by atoms with Crippen LogP contribution in [0.15, 0.2) is 24.3 Å². The van der Waals surface area contributed by atoms with E-state index in [1.54, 1.807) is 6.92 Å². The molecule has 1 aromatic heterocycles. The lowest BCUT2D eigenvalue weighted by Gasteiger charge is -2.35. The molecule has 4 heterocycles. The largest absolute Gasteiger partial charge is 0.371 e. The Balaban J connectivity index is 1.45. The number of amides is 1. The molecule has 1 atom stereocenters. The van der Waals surface area contributed by atoms with Crippen LogP contribution in [0, 0.1) is 0 Å². The van der Waals surface area contributed by atoms with Gasteiger partial charge >= 0.3 is 0 Å². The van der Waals surface area contributed by atoms with Gasteiger partial charge in [-0.25, -0.2) is 9.97 Å². The van der Waals surface area contributed by atoms with Crippen LogP contribution >= 0.6 is 0 Å². The Bertz CT molecular complexity index is 1000. The van der Waals surface area contributed by atoms with Gasteiger partial charge in [0.2, 0.25) is 5.91 Å². The van der Waals surface area contributed by atoms with E-state index in [1.165, 1.54) is 29.7 Å². The van der Waals surface area contributed by atoms with Crippen molar-refractivity contribution < 1.29 is 4.79 Å². The van der Waals surface area contributed by atoms with Crippen LogP contribution in [0.2, 0.25) is 0 Å². The lowest BCUT2D eigenvalue weighted by molar-refractivity contribution is -0.132. The van der Waals surface area contributed by atoms with Gasteiger partial charge in [0.15, 0.2) is 5.82 Å². The Labute approximate surface area is 197 Å². The number of piperidine rings is 1. The number of likely N-dealkylation sites (tertiary alicyclic amines) is 1. The molecule has 0 radical (unpaired) electrons. The van der Waals surface area contributed by atoms with E-state index >= 15 is 0 Å². The number of benzene rings is 1. The minimum atomic E-state index is -0.0220. The Morgan fingerprint density at radius 3 is 2.67 bits per heavy atom. The van der Waals surface area contributed by atoms with E-state index in [-0.39, 0.29) is 11.9 Å². The summed E-state index contributed by atoms with van der Waals surface area (Å²) in [5.41, 5.74) is 4.99. The van der Waals surface area contributed by atoms with Crippen molar-refractivity contribution in [3.05, 3.63) is 46.9 Å². The Hall–Kier alpha value is -2.67. The molecule has 3 aliphatic heterocycles. The second-order valence-electron chi connectivity index (χ2n) is 9.74. The maximum absolute atomic E-state index is 12.3. The number of anilines is 2. The molecule has 176 valence electrons. The van der Waals surface area contributed by atoms with Gasteiger partial charge in [-0.15, -0.1) is 0 Å². The fraction of sp³-hybridized carbons (Fsp3) is 0.577. The maximum Gasteiger partial charge on any atom is 0.220 e. The van der Waals surface area contributed by atoms with Gasteiger partial charge in [-0.1, -0.05) is 18.2 Å². The van der Waals surface area contributed by atoms with Crippen LogP contribution in [0.25, 0.3) is 0 Å². The Kier molecular flexibility index (Phi) is 6.49. The lowest BCUT2D eigenvalue weighted by atomic mass is 10.00. The molecule has 1 unspecified atom stereocenters. The van der Waals surface area contributed by atoms with Crippen molar-refractivity contribution in [2.75, 3.05) is 43.4 Å². The average molecular weight is 449 g/mol. The van der Waals surface area contributed by atoms with Crippen molar-refractivity contribution in [2.45, 2.75) is 64.6 Å². The minimum absolute atomic E-state index is 0.0220. The molecule has 2 saturated heterocycles. The molecule has 0 spiro atoms. The summed E-state index contributed by atoms with van der Waals surface area (Å²) in [5.74, 6) is 1.87. The molecule has 1 amide bonds. The summed E-state index contributed by atoms with van der Waals surface area (Å²) in [6, 6.07) is 8.70. The molecule has 2 fully saturated rings. The number of hydrogen-bond donors (Lipinski definition) is 1. The third-order valence-electron chi connectivity index (χ3n) is 7.36. The zero-order valence-corrected chi connectivity index (χ0v) is 20.0. The van der Waals surface area contributed by atoms with E-state index in [0.717, 1.165) is 82.3 Å². The van der Waals surface area contributed by atoms with Crippen LogP contribution in [0.3, 0.4) is 0 Å². The van der Waals surface area contributed by atoms with E-state index in [4.69, 9.17) is 9.97 Å². The summed E-state index contributed by atoms with van der Waals surface area (Å²) in [6.45, 7) is 7.32. The predicted molar refractivity (Wildman–Crippen MR) is 131 cm³/mol. The van der Waals surface area contributed by atoms with Gasteiger partial charge in [0, 0.05) is 57.4 Å². The molecule has 0 bridgehead atoms. The summed E-state index contributed by atoms with van der Waals surface area (Å²) >= 11 is 0. The van der Waals surface area contributed by atoms with E-state index in [2.05, 4.69) is 46.4 Å². The number of nitrogens with one attached hydrogen (secondary N) is 1. The van der Waals surface area contributed by atoms with Crippen LogP contribution in [-0.4, -0.2) is 58.9 Å². The van der Waals surface area contributed by atoms with Crippen molar-refractivity contribution in [3.8, 4) is 0 Å². The Morgan fingerprint density at radius 2 is 1.85 bits per heavy atom. The molecule has 5 rings (SSSR count). The first-order valence-corrected chi connectivity index (χ1v) is 12.5. The highest BCUT2D eigenvalue weighted by Crippen LogP contribution is 2.33. The topological polar surface area (TPSA) is 64.6 Å². The van der Waals surface area contributed by atoms with Crippen LogP contribution in [0.5, 0.6) is 0 Å². The first-order chi connectivity index (χ1) is 16.1. The predicted octanol–water partition coefficient (Wildman–Crippen LogP) is 3.75. The quantitative estimate of drug-likeness (QED) is 0.752. The molecular weight excluding hydrogens is 412 g/mol. The zero-order chi connectivity index (χ0) is 22.8. The molecular formula is C26H36N6O. The molecule has 3 aliphatic rings. The summed E-state index contributed by atoms with van der Waals surface area (Å²) in [7, 11) is 2.15. The van der Waals surface area contributed by atoms with E-state index in [1.807, 2.05) is 4.90 Å². The molecule has 1 N–H and O–H groups in total. The summed E-state index contributed by atoms with van der Waals surface area (Å²) in [6.07, 6.45) is 6.59. The van der Waals surface area contributed by atoms with Crippen LogP contribution in [0.1, 0.15) is 67.7 Å². The molecule has 7 heteroatoms. The normalized spacial score (nSPS) is 21.2. The fourth-order valence-corrected chi connectivity index (χ4v) is 5.56. The summed E-state index contributed by atoms with van der Waals surface area (Å²) in [5, 5.41) is 3.69. The van der Waals surface area contributed by atoms with Crippen LogP contribution in [0.4, 0.5) is 11.5 Å². The van der Waals surface area contributed by atoms with Crippen molar-refractivity contribution in [2.24, 2.45) is 0 Å². The number of rotatable bonds is 5. The van der Waals surface area contributed by atoms with Crippen molar-refractivity contribution in [1.82, 2.24) is 19.8 Å². The number of nitrogens with zero attached hydrogens (tertiary/aromatic N) is 5. The van der Waals surface area contributed by atoms with Crippen molar-refractivity contribution in [3.63, 3.8) is 0 Å². The van der Waals surface area contributed by atoms with E-state index in [0.29, 0.717) is 0 Å². The summed E-state index contributed by atoms with van der Waals surface area (Å²) in [4.78, 5) is 29.2. The smallest absolute Gasteiger partial charge is 0.220 e. The van der Waals surface area contributed by atoms with Gasteiger partial charge in [0.05, 0.1) is 11.7 Å². The van der Waals surface area contributed by atoms with Gasteiger partial charge in [-0.05, 0) is 57.2 Å². The van der Waals surface area contributed by atoms with Gasteiger partial charge in [0.25, 0.3) is 0 Å². The van der Waals surface area contributed by atoms with E-state index in [9.17, 15) is 4.79 Å². The molecule has 2 aromatic rings. The number of likely N-dealkylation sites (N-methyl/N-ethyl adjacent to an activating group) is 1. The fourth-order valence-electron chi connectivity index (χ4n) is 5.56. The number of fused-ring (bicyclic) bond motifs is 1. The molecule has 0 aliphatic carbocycles. The number of hydrogen-bond acceptors (Lipinski definition) is 6. The number of para-hydroxylation sites is 1. The van der Waals surface area contributed by atoms with Crippen LogP contribution in [-0.2, 0) is 24.3 Å². The van der Waals surface area contributed by atoms with Crippen molar-refractivity contribution >= 4 is 17.4 Å². The second-order valence-corrected chi connectivity index (χ2v) is 9.74. The summed E-state index contributed by atoms with van der Waals surface area (Å²) < 4.78 is 0. The standard InChI is InChI=1S/C26H36N6O/c1-19(33)32-15-6-5-11-24(32)26-28-22-18-30(2)16-12-21(22)25(29-26)27-17-20-9-3-4-10-23(20)31-13-7-8-14-31/h3-4,9-10,24H,5-8,11-18H2,1-2H3,(H,27,28,29). The van der Waals surface area contributed by atoms with Crippen LogP contribution < -0.4 is 10.2 Å². The zero-order valence-electron chi connectivity index (χ0n) is 20.0. The minimum Gasteiger partial charge on any atom is -0.371 e. The number of carbonyl (C=O) groups is 1. The average Bonchev–Trinajstić information content (AvgIpc) is 3.37. The highest BCUT2D eigenvalue weighted by molar-refractivity contribution is 5.73. The maximum atomic E-state index is 12.3. The van der Waals surface area contributed by atoms with Gasteiger partial charge in [0.1, 0.15) is 5.82 Å².